The number of nitrogens with zero attached hydrogens (tertiary/aromatic N) is 1. The van der Waals surface area contributed by atoms with Crippen LogP contribution in [0.4, 0.5) is 4.79 Å². The number of ether oxygens (including phenoxy) is 3. The van der Waals surface area contributed by atoms with Crippen LogP contribution in [0.15, 0.2) is 24.3 Å². The number of rotatable bonds is 6. The van der Waals surface area contributed by atoms with Crippen LogP contribution in [0.25, 0.3) is 0 Å². The molecule has 1 aliphatic heterocycles. The van der Waals surface area contributed by atoms with Crippen LogP contribution in [0.5, 0.6) is 0 Å². The maximum absolute atomic E-state index is 12.8. The average molecular weight is 363 g/mol. The number of hydrogen-bond acceptors (Lipinski definition) is 4. The van der Waals surface area contributed by atoms with Crippen LogP contribution in [0, 0.1) is 0 Å². The minimum Gasteiger partial charge on any atom is -0.444 e. The Morgan fingerprint density at radius 3 is 2.38 bits per heavy atom. The van der Waals surface area contributed by atoms with E-state index < -0.39 is 5.60 Å². The Morgan fingerprint density at radius 1 is 1.23 bits per heavy atom. The molecule has 0 bridgehead atoms. The highest BCUT2D eigenvalue weighted by Gasteiger charge is 2.29. The summed E-state index contributed by atoms with van der Waals surface area (Å²) in [5.41, 5.74) is 1.73. The fourth-order valence-electron chi connectivity index (χ4n) is 3.10. The van der Waals surface area contributed by atoms with Gasteiger partial charge in [0.05, 0.1) is 6.10 Å². The second kappa shape index (κ2) is 9.38. The smallest absolute Gasteiger partial charge is 0.410 e. The summed E-state index contributed by atoms with van der Waals surface area (Å²) in [6.45, 7) is 12.4. The zero-order valence-electron chi connectivity index (χ0n) is 16.8. The van der Waals surface area contributed by atoms with E-state index in [0.717, 1.165) is 24.0 Å². The van der Waals surface area contributed by atoms with E-state index in [-0.39, 0.29) is 18.2 Å². The van der Waals surface area contributed by atoms with Crippen molar-refractivity contribution in [2.24, 2.45) is 0 Å². The Labute approximate surface area is 157 Å². The van der Waals surface area contributed by atoms with Gasteiger partial charge in [0.15, 0.2) is 0 Å². The molecule has 0 spiro atoms. The molecular weight excluding hydrogens is 330 g/mol. The molecule has 0 N–H and O–H groups in total. The summed E-state index contributed by atoms with van der Waals surface area (Å²) in [5.74, 6) is 0. The fraction of sp³-hybridized carbons (Fsp3) is 0.667. The first-order chi connectivity index (χ1) is 12.3. The van der Waals surface area contributed by atoms with E-state index >= 15 is 0 Å². The van der Waals surface area contributed by atoms with Crippen molar-refractivity contribution in [2.75, 3.05) is 19.8 Å². The van der Waals surface area contributed by atoms with Crippen molar-refractivity contribution >= 4 is 6.09 Å². The second-order valence-electron chi connectivity index (χ2n) is 7.79. The normalized spacial score (nSPS) is 17.0. The maximum Gasteiger partial charge on any atom is 0.410 e. The standard InChI is InChI=1S/C21H33NO4/c1-6-25-16(2)18-9-7-17(8-10-18)15-22(19-11-13-24-14-12-19)20(23)26-21(3,4)5/h7-10,16,19H,6,11-15H2,1-5H3. The fourth-order valence-corrected chi connectivity index (χ4v) is 3.10. The quantitative estimate of drug-likeness (QED) is 0.735. The van der Waals surface area contributed by atoms with E-state index in [9.17, 15) is 4.79 Å². The van der Waals surface area contributed by atoms with E-state index in [1.807, 2.05) is 39.5 Å². The summed E-state index contributed by atoms with van der Waals surface area (Å²) < 4.78 is 16.7. The lowest BCUT2D eigenvalue weighted by molar-refractivity contribution is -0.00809. The monoisotopic (exact) mass is 363 g/mol. The number of hydrogen-bond donors (Lipinski definition) is 0. The minimum absolute atomic E-state index is 0.0755. The summed E-state index contributed by atoms with van der Waals surface area (Å²) >= 11 is 0. The van der Waals surface area contributed by atoms with E-state index in [2.05, 4.69) is 24.3 Å². The Morgan fingerprint density at radius 2 is 1.85 bits per heavy atom. The highest BCUT2D eigenvalue weighted by atomic mass is 16.6. The first-order valence-corrected chi connectivity index (χ1v) is 9.58. The number of benzene rings is 1. The topological polar surface area (TPSA) is 48.0 Å². The third kappa shape index (κ3) is 6.29. The first-order valence-electron chi connectivity index (χ1n) is 9.58. The lowest BCUT2D eigenvalue weighted by Crippen LogP contribution is -2.45. The van der Waals surface area contributed by atoms with Gasteiger partial charge in [0.25, 0.3) is 0 Å². The number of carbonyl (C=O) groups is 1. The molecule has 0 aliphatic carbocycles. The van der Waals surface area contributed by atoms with Gasteiger partial charge in [-0.05, 0) is 58.6 Å². The Bertz CT molecular complexity index is 558. The van der Waals surface area contributed by atoms with Crippen molar-refractivity contribution in [3.8, 4) is 0 Å². The molecule has 1 heterocycles. The second-order valence-corrected chi connectivity index (χ2v) is 7.79. The van der Waals surface area contributed by atoms with Gasteiger partial charge in [-0.3, -0.25) is 0 Å². The molecule has 5 heteroatoms. The minimum atomic E-state index is -0.503. The van der Waals surface area contributed by atoms with Crippen molar-refractivity contribution in [1.82, 2.24) is 4.90 Å². The number of carbonyl (C=O) groups excluding carboxylic acids is 1. The van der Waals surface area contributed by atoms with Gasteiger partial charge in [0.2, 0.25) is 0 Å². The largest absolute Gasteiger partial charge is 0.444 e. The Hall–Kier alpha value is -1.59. The molecule has 0 saturated carbocycles. The summed E-state index contributed by atoms with van der Waals surface area (Å²) in [6, 6.07) is 8.45. The number of amides is 1. The Kier molecular flexibility index (Phi) is 7.47. The van der Waals surface area contributed by atoms with Gasteiger partial charge >= 0.3 is 6.09 Å². The molecule has 1 atom stereocenters. The molecular formula is C21H33NO4. The third-order valence-electron chi connectivity index (χ3n) is 4.48. The SMILES string of the molecule is CCOC(C)c1ccc(CN(C(=O)OC(C)(C)C)C2CCOCC2)cc1. The van der Waals surface area contributed by atoms with Crippen LogP contribution in [0.2, 0.25) is 0 Å². The summed E-state index contributed by atoms with van der Waals surface area (Å²) in [7, 11) is 0. The van der Waals surface area contributed by atoms with Gasteiger partial charge < -0.3 is 19.1 Å². The van der Waals surface area contributed by atoms with Crippen LogP contribution in [0.3, 0.4) is 0 Å². The predicted octanol–water partition coefficient (Wildman–Crippen LogP) is 4.70. The van der Waals surface area contributed by atoms with Gasteiger partial charge in [-0.15, -0.1) is 0 Å². The van der Waals surface area contributed by atoms with Crippen molar-refractivity contribution < 1.29 is 19.0 Å². The van der Waals surface area contributed by atoms with Crippen molar-refractivity contribution in [1.29, 1.82) is 0 Å². The van der Waals surface area contributed by atoms with Gasteiger partial charge in [0, 0.05) is 32.4 Å². The molecule has 1 saturated heterocycles. The van der Waals surface area contributed by atoms with Gasteiger partial charge in [0.1, 0.15) is 5.60 Å². The third-order valence-corrected chi connectivity index (χ3v) is 4.48. The highest BCUT2D eigenvalue weighted by Crippen LogP contribution is 2.23. The lowest BCUT2D eigenvalue weighted by atomic mass is 10.0. The van der Waals surface area contributed by atoms with E-state index in [1.54, 1.807) is 0 Å². The molecule has 1 aromatic carbocycles. The molecule has 1 amide bonds. The van der Waals surface area contributed by atoms with Gasteiger partial charge in [-0.25, -0.2) is 4.79 Å². The maximum atomic E-state index is 12.8. The van der Waals surface area contributed by atoms with E-state index in [4.69, 9.17) is 14.2 Å². The first kappa shape index (κ1) is 20.7. The van der Waals surface area contributed by atoms with Crippen molar-refractivity contribution in [3.63, 3.8) is 0 Å². The lowest BCUT2D eigenvalue weighted by Gasteiger charge is -2.35. The zero-order valence-corrected chi connectivity index (χ0v) is 16.8. The van der Waals surface area contributed by atoms with E-state index in [0.29, 0.717) is 26.4 Å². The summed E-state index contributed by atoms with van der Waals surface area (Å²) in [6.07, 6.45) is 1.51. The molecule has 1 aliphatic rings. The van der Waals surface area contributed by atoms with Crippen molar-refractivity contribution in [2.45, 2.75) is 71.8 Å². The van der Waals surface area contributed by atoms with Crippen LogP contribution < -0.4 is 0 Å². The molecule has 26 heavy (non-hydrogen) atoms. The summed E-state index contributed by atoms with van der Waals surface area (Å²) in [4.78, 5) is 14.6. The molecule has 1 unspecified atom stereocenters. The molecule has 1 fully saturated rings. The molecule has 2 rings (SSSR count). The summed E-state index contributed by atoms with van der Waals surface area (Å²) in [5, 5.41) is 0. The zero-order chi connectivity index (χ0) is 19.2. The predicted molar refractivity (Wildman–Crippen MR) is 102 cm³/mol. The van der Waals surface area contributed by atoms with Crippen molar-refractivity contribution in [3.05, 3.63) is 35.4 Å². The molecule has 5 nitrogen and oxygen atoms in total. The molecule has 0 aromatic heterocycles. The highest BCUT2D eigenvalue weighted by molar-refractivity contribution is 5.68. The van der Waals surface area contributed by atoms with Crippen LogP contribution in [0.1, 0.15) is 64.7 Å². The van der Waals surface area contributed by atoms with Crippen LogP contribution in [-0.2, 0) is 20.8 Å². The average Bonchev–Trinajstić information content (AvgIpc) is 2.59. The van der Waals surface area contributed by atoms with Gasteiger partial charge in [-0.2, -0.15) is 0 Å². The van der Waals surface area contributed by atoms with Crippen LogP contribution >= 0.6 is 0 Å². The molecule has 146 valence electrons. The molecule has 1 aromatic rings. The van der Waals surface area contributed by atoms with Gasteiger partial charge in [-0.1, -0.05) is 24.3 Å². The van der Waals surface area contributed by atoms with Crippen LogP contribution in [-0.4, -0.2) is 42.5 Å². The van der Waals surface area contributed by atoms with E-state index in [1.165, 1.54) is 0 Å². The molecule has 0 radical (unpaired) electrons. The Balaban J connectivity index is 2.11.